The first-order chi connectivity index (χ1) is 8.56. The van der Waals surface area contributed by atoms with E-state index in [0.717, 1.165) is 38.0 Å². The Hall–Kier alpha value is -0.930. The number of benzene rings is 1. The Balaban J connectivity index is 1.93. The van der Waals surface area contributed by atoms with E-state index in [1.165, 1.54) is 11.6 Å². The zero-order valence-electron chi connectivity index (χ0n) is 11.3. The molecular formula is C15H23FN2. The van der Waals surface area contributed by atoms with Gasteiger partial charge in [-0.15, -0.1) is 0 Å². The van der Waals surface area contributed by atoms with Crippen molar-refractivity contribution in [1.29, 1.82) is 0 Å². The molecule has 0 saturated carbocycles. The lowest BCUT2D eigenvalue weighted by Crippen LogP contribution is -2.39. The highest BCUT2D eigenvalue weighted by Gasteiger charge is 2.22. The van der Waals surface area contributed by atoms with Crippen LogP contribution in [-0.4, -0.2) is 24.0 Å². The SMILES string of the molecule is Cc1ccc(F)cc1CN1CCC(C(C)N)CC1. The molecule has 0 aromatic heterocycles. The van der Waals surface area contributed by atoms with Crippen molar-refractivity contribution in [2.45, 2.75) is 39.3 Å². The molecule has 1 atom stereocenters. The Bertz CT molecular complexity index is 395. The topological polar surface area (TPSA) is 29.3 Å². The summed E-state index contributed by atoms with van der Waals surface area (Å²) in [5, 5.41) is 0. The Kier molecular flexibility index (Phi) is 4.36. The highest BCUT2D eigenvalue weighted by Crippen LogP contribution is 2.22. The molecule has 1 aliphatic heterocycles. The number of halogens is 1. The standard InChI is InChI=1S/C15H23FN2/c1-11-3-4-15(16)9-14(11)10-18-7-5-13(6-8-18)12(2)17/h3-4,9,12-13H,5-8,10,17H2,1-2H3. The van der Waals surface area contributed by atoms with Crippen LogP contribution >= 0.6 is 0 Å². The van der Waals surface area contributed by atoms with Crippen LogP contribution in [0, 0.1) is 18.7 Å². The fraction of sp³-hybridized carbons (Fsp3) is 0.600. The molecule has 1 aromatic carbocycles. The maximum atomic E-state index is 13.2. The maximum absolute atomic E-state index is 13.2. The predicted octanol–water partition coefficient (Wildman–Crippen LogP) is 2.69. The van der Waals surface area contributed by atoms with Gasteiger partial charge in [0.05, 0.1) is 0 Å². The van der Waals surface area contributed by atoms with E-state index in [0.29, 0.717) is 12.0 Å². The molecule has 1 aromatic rings. The molecule has 1 fully saturated rings. The molecule has 0 aliphatic carbocycles. The van der Waals surface area contributed by atoms with Gasteiger partial charge < -0.3 is 5.73 Å². The van der Waals surface area contributed by atoms with E-state index >= 15 is 0 Å². The average Bonchev–Trinajstić information content (AvgIpc) is 2.34. The molecule has 1 saturated heterocycles. The summed E-state index contributed by atoms with van der Waals surface area (Å²) in [4.78, 5) is 2.40. The number of hydrogen-bond donors (Lipinski definition) is 1. The van der Waals surface area contributed by atoms with Crippen LogP contribution in [0.15, 0.2) is 18.2 Å². The lowest BCUT2D eigenvalue weighted by atomic mass is 9.90. The van der Waals surface area contributed by atoms with Gasteiger partial charge in [-0.05, 0) is 69.0 Å². The summed E-state index contributed by atoms with van der Waals surface area (Å²) in [7, 11) is 0. The number of aryl methyl sites for hydroxylation is 1. The van der Waals surface area contributed by atoms with Crippen molar-refractivity contribution in [3.05, 3.63) is 35.1 Å². The zero-order chi connectivity index (χ0) is 13.1. The van der Waals surface area contributed by atoms with Gasteiger partial charge in [-0.25, -0.2) is 4.39 Å². The molecule has 100 valence electrons. The lowest BCUT2D eigenvalue weighted by molar-refractivity contribution is 0.165. The minimum Gasteiger partial charge on any atom is -0.328 e. The first-order valence-electron chi connectivity index (χ1n) is 6.79. The van der Waals surface area contributed by atoms with Gasteiger partial charge in [0.15, 0.2) is 0 Å². The van der Waals surface area contributed by atoms with Crippen molar-refractivity contribution in [2.75, 3.05) is 13.1 Å². The third-order valence-corrected chi connectivity index (χ3v) is 4.08. The van der Waals surface area contributed by atoms with Gasteiger partial charge in [-0.1, -0.05) is 6.07 Å². The number of hydrogen-bond acceptors (Lipinski definition) is 2. The van der Waals surface area contributed by atoms with Crippen molar-refractivity contribution < 1.29 is 4.39 Å². The minimum absolute atomic E-state index is 0.138. The Morgan fingerprint density at radius 2 is 2.06 bits per heavy atom. The van der Waals surface area contributed by atoms with Crippen LogP contribution in [0.25, 0.3) is 0 Å². The second-order valence-electron chi connectivity index (χ2n) is 5.54. The molecule has 2 nitrogen and oxygen atoms in total. The van der Waals surface area contributed by atoms with Crippen LogP contribution in [0.5, 0.6) is 0 Å². The second kappa shape index (κ2) is 5.81. The van der Waals surface area contributed by atoms with Gasteiger partial charge in [0, 0.05) is 12.6 Å². The Morgan fingerprint density at radius 3 is 2.67 bits per heavy atom. The molecule has 0 bridgehead atoms. The number of likely N-dealkylation sites (tertiary alicyclic amines) is 1. The quantitative estimate of drug-likeness (QED) is 0.893. The first kappa shape index (κ1) is 13.5. The van der Waals surface area contributed by atoms with Crippen molar-refractivity contribution in [2.24, 2.45) is 11.7 Å². The van der Waals surface area contributed by atoms with Crippen LogP contribution in [0.1, 0.15) is 30.9 Å². The van der Waals surface area contributed by atoms with Crippen LogP contribution in [0.2, 0.25) is 0 Å². The molecule has 18 heavy (non-hydrogen) atoms. The van der Waals surface area contributed by atoms with E-state index < -0.39 is 0 Å². The van der Waals surface area contributed by atoms with Crippen LogP contribution in [0.4, 0.5) is 4.39 Å². The van der Waals surface area contributed by atoms with E-state index in [2.05, 4.69) is 11.8 Å². The first-order valence-corrected chi connectivity index (χ1v) is 6.79. The predicted molar refractivity (Wildman–Crippen MR) is 72.8 cm³/mol. The highest BCUT2D eigenvalue weighted by molar-refractivity contribution is 5.26. The molecule has 2 N–H and O–H groups in total. The third kappa shape index (κ3) is 3.30. The largest absolute Gasteiger partial charge is 0.328 e. The molecule has 2 rings (SSSR count). The van der Waals surface area contributed by atoms with E-state index in [9.17, 15) is 4.39 Å². The van der Waals surface area contributed by atoms with E-state index in [4.69, 9.17) is 5.73 Å². The van der Waals surface area contributed by atoms with Crippen molar-refractivity contribution in [3.8, 4) is 0 Å². The minimum atomic E-state index is -0.138. The molecule has 3 heteroatoms. The van der Waals surface area contributed by atoms with Crippen LogP contribution in [0.3, 0.4) is 0 Å². The summed E-state index contributed by atoms with van der Waals surface area (Å²) in [6.45, 7) is 7.14. The summed E-state index contributed by atoms with van der Waals surface area (Å²) in [5.74, 6) is 0.510. The highest BCUT2D eigenvalue weighted by atomic mass is 19.1. The number of nitrogens with zero attached hydrogens (tertiary/aromatic N) is 1. The third-order valence-electron chi connectivity index (χ3n) is 4.08. The molecule has 1 aliphatic rings. The van der Waals surface area contributed by atoms with E-state index in [1.807, 2.05) is 13.0 Å². The summed E-state index contributed by atoms with van der Waals surface area (Å²) >= 11 is 0. The molecular weight excluding hydrogens is 227 g/mol. The second-order valence-corrected chi connectivity index (χ2v) is 5.54. The smallest absolute Gasteiger partial charge is 0.123 e. The van der Waals surface area contributed by atoms with Gasteiger partial charge in [0.1, 0.15) is 5.82 Å². The van der Waals surface area contributed by atoms with Crippen molar-refractivity contribution in [3.63, 3.8) is 0 Å². The normalized spacial score (nSPS) is 20.0. The molecule has 1 unspecified atom stereocenters. The average molecular weight is 250 g/mol. The van der Waals surface area contributed by atoms with Crippen molar-refractivity contribution in [1.82, 2.24) is 4.90 Å². The van der Waals surface area contributed by atoms with Crippen LogP contribution < -0.4 is 5.73 Å². The Morgan fingerprint density at radius 1 is 1.39 bits per heavy atom. The number of piperidine rings is 1. The zero-order valence-corrected chi connectivity index (χ0v) is 11.3. The molecule has 0 radical (unpaired) electrons. The van der Waals surface area contributed by atoms with E-state index in [1.54, 1.807) is 6.07 Å². The molecule has 0 spiro atoms. The summed E-state index contributed by atoms with van der Waals surface area (Å²) in [6, 6.07) is 5.34. The van der Waals surface area contributed by atoms with E-state index in [-0.39, 0.29) is 5.82 Å². The molecule has 0 amide bonds. The number of rotatable bonds is 3. The van der Waals surface area contributed by atoms with Crippen molar-refractivity contribution >= 4 is 0 Å². The summed E-state index contributed by atoms with van der Waals surface area (Å²) in [6.07, 6.45) is 2.32. The molecule has 1 heterocycles. The summed E-state index contributed by atoms with van der Waals surface area (Å²) in [5.41, 5.74) is 8.22. The number of nitrogens with two attached hydrogens (primary N) is 1. The van der Waals surface area contributed by atoms with Gasteiger partial charge in [0.25, 0.3) is 0 Å². The lowest BCUT2D eigenvalue weighted by Gasteiger charge is -2.34. The monoisotopic (exact) mass is 250 g/mol. The van der Waals surface area contributed by atoms with Crippen LogP contribution in [-0.2, 0) is 6.54 Å². The van der Waals surface area contributed by atoms with Gasteiger partial charge in [-0.2, -0.15) is 0 Å². The van der Waals surface area contributed by atoms with Gasteiger partial charge in [0.2, 0.25) is 0 Å². The van der Waals surface area contributed by atoms with Gasteiger partial charge >= 0.3 is 0 Å². The summed E-state index contributed by atoms with van der Waals surface area (Å²) < 4.78 is 13.2. The van der Waals surface area contributed by atoms with Gasteiger partial charge in [-0.3, -0.25) is 4.90 Å². The Labute approximate surface area is 109 Å². The fourth-order valence-electron chi connectivity index (χ4n) is 2.69. The fourth-order valence-corrected chi connectivity index (χ4v) is 2.69. The maximum Gasteiger partial charge on any atom is 0.123 e.